The van der Waals surface area contributed by atoms with Crippen molar-refractivity contribution in [1.29, 1.82) is 0 Å². The number of nitrogens with one attached hydrogen (secondary N) is 3. The topological polar surface area (TPSA) is 146 Å². The van der Waals surface area contributed by atoms with E-state index in [0.29, 0.717) is 50.6 Å². The van der Waals surface area contributed by atoms with Crippen molar-refractivity contribution >= 4 is 43.5 Å². The highest BCUT2D eigenvalue weighted by Crippen LogP contribution is 2.33. The summed E-state index contributed by atoms with van der Waals surface area (Å²) in [6.45, 7) is 0. The maximum absolute atomic E-state index is 14.7. The van der Waals surface area contributed by atoms with Gasteiger partial charge in [-0.25, -0.2) is 22.8 Å². The second kappa shape index (κ2) is 12.1. The van der Waals surface area contributed by atoms with Crippen LogP contribution in [0.3, 0.4) is 0 Å². The molecule has 4 aromatic heterocycles. The molecule has 4 heterocycles. The first-order chi connectivity index (χ1) is 22.2. The number of H-pyrrole nitrogens is 2. The number of hydrogen-bond donors (Lipinski definition) is 3. The minimum absolute atomic E-state index is 0.0341. The number of para-hydroxylation sites is 1. The standard InChI is InChI=1S/C34H32FN7O3S/c1-46(44,45)13-12-20-14-22(16-24(35)15-20)26-8-5-9-28-30(26)40-33(39-28)32-31-29(41-42-32)11-10-27(38-31)23-17-25(19-36-18-23)37-34(43)21-6-3-2-4-7-21/h5,8-11,14-19,21H,2-4,6-7,12-13H2,1H3,(H,37,43)(H,39,40)(H,41,42). The van der Waals surface area contributed by atoms with Gasteiger partial charge >= 0.3 is 0 Å². The predicted octanol–water partition coefficient (Wildman–Crippen LogP) is 6.48. The Morgan fingerprint density at radius 1 is 0.957 bits per heavy atom. The van der Waals surface area contributed by atoms with E-state index < -0.39 is 15.7 Å². The Hall–Kier alpha value is -4.97. The maximum atomic E-state index is 14.7. The third-order valence-corrected chi connectivity index (χ3v) is 9.40. The lowest BCUT2D eigenvalue weighted by molar-refractivity contribution is -0.120. The van der Waals surface area contributed by atoms with Crippen LogP contribution in [-0.4, -0.2) is 56.5 Å². The molecule has 1 fully saturated rings. The fourth-order valence-corrected chi connectivity index (χ4v) is 6.72. The van der Waals surface area contributed by atoms with Crippen molar-refractivity contribution in [1.82, 2.24) is 30.1 Å². The largest absolute Gasteiger partial charge is 0.336 e. The van der Waals surface area contributed by atoms with Crippen molar-refractivity contribution < 1.29 is 17.6 Å². The van der Waals surface area contributed by atoms with E-state index in [1.165, 1.54) is 24.8 Å². The highest BCUT2D eigenvalue weighted by atomic mass is 32.2. The molecule has 3 N–H and O–H groups in total. The Kier molecular flexibility index (Phi) is 7.81. The second-order valence-electron chi connectivity index (χ2n) is 12.0. The number of aromatic nitrogens is 6. The van der Waals surface area contributed by atoms with Crippen molar-refractivity contribution in [2.45, 2.75) is 38.5 Å². The van der Waals surface area contributed by atoms with E-state index in [-0.39, 0.29) is 24.0 Å². The highest BCUT2D eigenvalue weighted by molar-refractivity contribution is 7.90. The smallest absolute Gasteiger partial charge is 0.227 e. The van der Waals surface area contributed by atoms with Gasteiger partial charge in [0.1, 0.15) is 21.2 Å². The number of amides is 1. The van der Waals surface area contributed by atoms with Crippen LogP contribution in [-0.2, 0) is 21.1 Å². The lowest BCUT2D eigenvalue weighted by Crippen LogP contribution is -2.24. The van der Waals surface area contributed by atoms with Gasteiger partial charge in [-0.3, -0.25) is 14.9 Å². The minimum atomic E-state index is -3.20. The molecule has 0 saturated heterocycles. The molecule has 1 aliphatic carbocycles. The molecule has 0 atom stereocenters. The Morgan fingerprint density at radius 2 is 1.80 bits per heavy atom. The molecule has 0 spiro atoms. The number of imidazole rings is 1. The van der Waals surface area contributed by atoms with Gasteiger partial charge in [-0.05, 0) is 66.8 Å². The number of fused-ring (bicyclic) bond motifs is 2. The van der Waals surface area contributed by atoms with Gasteiger partial charge in [-0.2, -0.15) is 5.10 Å². The Balaban J connectivity index is 1.21. The third kappa shape index (κ3) is 6.25. The molecule has 0 radical (unpaired) electrons. The van der Waals surface area contributed by atoms with E-state index in [1.54, 1.807) is 18.5 Å². The summed E-state index contributed by atoms with van der Waals surface area (Å²) in [5.41, 5.74) is 7.12. The van der Waals surface area contributed by atoms with Gasteiger partial charge in [0.25, 0.3) is 0 Å². The number of sulfone groups is 1. The number of nitrogens with zero attached hydrogens (tertiary/aromatic N) is 4. The summed E-state index contributed by atoms with van der Waals surface area (Å²) in [5, 5.41) is 10.6. The van der Waals surface area contributed by atoms with Gasteiger partial charge in [-0.15, -0.1) is 0 Å². The summed E-state index contributed by atoms with van der Waals surface area (Å²) < 4.78 is 38.1. The fraction of sp³-hybridized carbons (Fsp3) is 0.265. The number of aromatic amines is 2. The number of carbonyl (C=O) groups is 1. The number of halogens is 1. The van der Waals surface area contributed by atoms with Crippen LogP contribution in [0.15, 0.2) is 67.0 Å². The minimum Gasteiger partial charge on any atom is -0.336 e. The van der Waals surface area contributed by atoms with E-state index in [4.69, 9.17) is 9.97 Å². The molecule has 1 amide bonds. The van der Waals surface area contributed by atoms with Crippen LogP contribution < -0.4 is 5.32 Å². The van der Waals surface area contributed by atoms with Crippen molar-refractivity contribution in [3.8, 4) is 33.9 Å². The Labute approximate surface area is 264 Å². The van der Waals surface area contributed by atoms with Crippen molar-refractivity contribution in [3.63, 3.8) is 0 Å². The number of benzene rings is 2. The molecule has 10 nitrogen and oxygen atoms in total. The van der Waals surface area contributed by atoms with E-state index in [2.05, 4.69) is 25.5 Å². The van der Waals surface area contributed by atoms with Gasteiger partial charge in [0, 0.05) is 29.5 Å². The molecule has 12 heteroatoms. The van der Waals surface area contributed by atoms with Crippen LogP contribution in [0, 0.1) is 11.7 Å². The molecule has 234 valence electrons. The molecule has 0 aliphatic heterocycles. The van der Waals surface area contributed by atoms with Crippen molar-refractivity contribution in [3.05, 3.63) is 78.4 Å². The van der Waals surface area contributed by atoms with Gasteiger partial charge < -0.3 is 10.3 Å². The van der Waals surface area contributed by atoms with E-state index in [1.807, 2.05) is 36.4 Å². The van der Waals surface area contributed by atoms with E-state index in [9.17, 15) is 17.6 Å². The monoisotopic (exact) mass is 637 g/mol. The van der Waals surface area contributed by atoms with E-state index >= 15 is 0 Å². The average molecular weight is 638 g/mol. The molecule has 1 saturated carbocycles. The van der Waals surface area contributed by atoms with Crippen LogP contribution in [0.5, 0.6) is 0 Å². The molecule has 2 aromatic carbocycles. The van der Waals surface area contributed by atoms with Crippen molar-refractivity contribution in [2.24, 2.45) is 5.92 Å². The number of aryl methyl sites for hydroxylation is 1. The molecule has 7 rings (SSSR count). The molecular weight excluding hydrogens is 605 g/mol. The molecule has 0 unspecified atom stereocenters. The zero-order chi connectivity index (χ0) is 31.8. The number of rotatable bonds is 8. The quantitative estimate of drug-likeness (QED) is 0.173. The zero-order valence-electron chi connectivity index (χ0n) is 25.2. The zero-order valence-corrected chi connectivity index (χ0v) is 26.0. The summed E-state index contributed by atoms with van der Waals surface area (Å²) in [4.78, 5) is 30.3. The van der Waals surface area contributed by atoms with Crippen molar-refractivity contribution in [2.75, 3.05) is 17.3 Å². The molecule has 0 bridgehead atoms. The number of hydrogen-bond acceptors (Lipinski definition) is 7. The summed E-state index contributed by atoms with van der Waals surface area (Å²) >= 11 is 0. The molecule has 6 aromatic rings. The number of carbonyl (C=O) groups excluding carboxylic acids is 1. The van der Waals surface area contributed by atoms with Gasteiger partial charge in [0.2, 0.25) is 5.91 Å². The Morgan fingerprint density at radius 3 is 2.63 bits per heavy atom. The lowest BCUT2D eigenvalue weighted by Gasteiger charge is -2.20. The first kappa shape index (κ1) is 29.7. The van der Waals surface area contributed by atoms with Gasteiger partial charge in [0.15, 0.2) is 11.5 Å². The first-order valence-electron chi connectivity index (χ1n) is 15.3. The van der Waals surface area contributed by atoms with E-state index in [0.717, 1.165) is 42.3 Å². The lowest BCUT2D eigenvalue weighted by atomic mass is 9.88. The average Bonchev–Trinajstić information content (AvgIpc) is 3.68. The van der Waals surface area contributed by atoms with Crippen LogP contribution in [0.4, 0.5) is 10.1 Å². The van der Waals surface area contributed by atoms with Crippen LogP contribution in [0.2, 0.25) is 0 Å². The Bertz CT molecular complexity index is 2200. The van der Waals surface area contributed by atoms with Crippen LogP contribution in [0.25, 0.3) is 56.0 Å². The number of pyridine rings is 2. The van der Waals surface area contributed by atoms with Gasteiger partial charge in [-0.1, -0.05) is 37.5 Å². The predicted molar refractivity (Wildman–Crippen MR) is 176 cm³/mol. The molecule has 1 aliphatic rings. The number of anilines is 1. The normalized spacial score (nSPS) is 14.2. The molecular formula is C34H32FN7O3S. The summed E-state index contributed by atoms with van der Waals surface area (Å²) in [7, 11) is -3.20. The SMILES string of the molecule is CS(=O)(=O)CCc1cc(F)cc(-c2cccc3[nH]c(-c4n[nH]c5ccc(-c6cncc(NC(=O)C7CCCCC7)c6)nc45)nc23)c1. The van der Waals surface area contributed by atoms with Crippen LogP contribution >= 0.6 is 0 Å². The van der Waals surface area contributed by atoms with Crippen LogP contribution in [0.1, 0.15) is 37.7 Å². The molecule has 46 heavy (non-hydrogen) atoms. The summed E-state index contributed by atoms with van der Waals surface area (Å²) in [5.74, 6) is 0.0393. The fourth-order valence-electron chi connectivity index (χ4n) is 6.11. The highest BCUT2D eigenvalue weighted by Gasteiger charge is 2.22. The third-order valence-electron chi connectivity index (χ3n) is 8.45. The summed E-state index contributed by atoms with van der Waals surface area (Å²) in [6, 6.07) is 15.8. The van der Waals surface area contributed by atoms with Gasteiger partial charge in [0.05, 0.1) is 39.9 Å². The first-order valence-corrected chi connectivity index (χ1v) is 17.3. The maximum Gasteiger partial charge on any atom is 0.227 e. The second-order valence-corrected chi connectivity index (χ2v) is 14.2. The summed E-state index contributed by atoms with van der Waals surface area (Å²) in [6.07, 6.45) is 9.91.